The first kappa shape index (κ1) is 24.6. The van der Waals surface area contributed by atoms with E-state index >= 15 is 0 Å². The third-order valence-corrected chi connectivity index (χ3v) is 5.31. The molecule has 0 radical (unpaired) electrons. The number of esters is 3. The number of benzene rings is 1. The summed E-state index contributed by atoms with van der Waals surface area (Å²) in [5.74, 6) is -0.673. The third kappa shape index (κ3) is 8.22. The van der Waals surface area contributed by atoms with Crippen molar-refractivity contribution in [1.29, 1.82) is 0 Å². The molecule has 1 aromatic rings. The van der Waals surface area contributed by atoms with Gasteiger partial charge in [-0.15, -0.1) is 0 Å². The Balaban J connectivity index is 1.70. The van der Waals surface area contributed by atoms with Gasteiger partial charge in [0.05, 0.1) is 24.0 Å². The summed E-state index contributed by atoms with van der Waals surface area (Å²) >= 11 is 2.17. The Bertz CT molecular complexity index is 751. The van der Waals surface area contributed by atoms with Gasteiger partial charge in [-0.05, 0) is 87.4 Å². The van der Waals surface area contributed by atoms with E-state index in [1.54, 1.807) is 39.8 Å². The zero-order valence-electron chi connectivity index (χ0n) is 17.9. The molecule has 2 rings (SSSR count). The van der Waals surface area contributed by atoms with Crippen LogP contribution in [0.1, 0.15) is 47.0 Å². The fraction of sp³-hybridized carbons (Fsp3) is 0.591. The smallest absolute Gasteiger partial charge is 0.311 e. The van der Waals surface area contributed by atoms with E-state index in [0.29, 0.717) is 18.8 Å². The Labute approximate surface area is 190 Å². The lowest BCUT2D eigenvalue weighted by molar-refractivity contribution is -0.162. The van der Waals surface area contributed by atoms with Crippen molar-refractivity contribution in [2.75, 3.05) is 19.8 Å². The van der Waals surface area contributed by atoms with Crippen molar-refractivity contribution in [3.8, 4) is 5.75 Å². The summed E-state index contributed by atoms with van der Waals surface area (Å²) in [6.07, 6.45) is 0.774. The zero-order chi connectivity index (χ0) is 22.4. The molecule has 166 valence electrons. The predicted octanol–water partition coefficient (Wildman–Crippen LogP) is 3.90. The molecule has 7 nitrogen and oxygen atoms in total. The molecule has 1 fully saturated rings. The molecular formula is C22H29IO7. The number of rotatable bonds is 11. The van der Waals surface area contributed by atoms with Crippen LogP contribution in [0, 0.1) is 14.4 Å². The molecule has 30 heavy (non-hydrogen) atoms. The van der Waals surface area contributed by atoms with Crippen molar-refractivity contribution in [1.82, 2.24) is 0 Å². The topological polar surface area (TPSA) is 91.4 Å². The highest BCUT2D eigenvalue weighted by Crippen LogP contribution is 2.36. The van der Waals surface area contributed by atoms with Gasteiger partial charge in [0, 0.05) is 9.99 Å². The molecule has 1 aromatic carbocycles. The van der Waals surface area contributed by atoms with Crippen LogP contribution < -0.4 is 4.74 Å². The van der Waals surface area contributed by atoms with Crippen molar-refractivity contribution >= 4 is 40.5 Å². The van der Waals surface area contributed by atoms with Gasteiger partial charge < -0.3 is 18.9 Å². The summed E-state index contributed by atoms with van der Waals surface area (Å²) in [6, 6.07) is 7.16. The predicted molar refractivity (Wildman–Crippen MR) is 118 cm³/mol. The van der Waals surface area contributed by atoms with Gasteiger partial charge in [0.1, 0.15) is 18.5 Å². The third-order valence-electron chi connectivity index (χ3n) is 4.60. The van der Waals surface area contributed by atoms with Crippen LogP contribution in [0.3, 0.4) is 0 Å². The lowest BCUT2D eigenvalue weighted by Crippen LogP contribution is -2.37. The van der Waals surface area contributed by atoms with Crippen LogP contribution in [0.4, 0.5) is 0 Å². The number of carbonyl (C=O) groups is 3. The monoisotopic (exact) mass is 532 g/mol. The normalized spacial score (nSPS) is 16.0. The first-order valence-electron chi connectivity index (χ1n) is 9.92. The minimum Gasteiger partial charge on any atom is -0.465 e. The summed E-state index contributed by atoms with van der Waals surface area (Å²) in [6.45, 7) is 7.93. The molecule has 8 heteroatoms. The molecule has 0 amide bonds. The standard InChI is InChI=1S/C22H29IO7/c1-21(2,14-22(3,4)20(26)29-13-17-12-28-17)19(25)27-11-5-6-18(24)30-16-9-7-15(23)8-10-16/h7-10,17H,5-6,11-14H2,1-4H3. The second-order valence-corrected chi connectivity index (χ2v) is 9.91. The van der Waals surface area contributed by atoms with E-state index in [9.17, 15) is 14.4 Å². The Morgan fingerprint density at radius 1 is 1.03 bits per heavy atom. The Morgan fingerprint density at radius 2 is 1.60 bits per heavy atom. The van der Waals surface area contributed by atoms with Crippen LogP contribution in [-0.4, -0.2) is 43.8 Å². The average Bonchev–Trinajstić information content (AvgIpc) is 3.48. The molecule has 0 saturated carbocycles. The van der Waals surface area contributed by atoms with Crippen molar-refractivity contribution in [3.63, 3.8) is 0 Å². The molecule has 1 unspecified atom stereocenters. The maximum Gasteiger partial charge on any atom is 0.311 e. The Morgan fingerprint density at radius 3 is 2.17 bits per heavy atom. The average molecular weight is 532 g/mol. The Hall–Kier alpha value is -1.68. The summed E-state index contributed by atoms with van der Waals surface area (Å²) in [7, 11) is 0. The SMILES string of the molecule is CC(C)(CC(C)(C)C(=O)OCC1CO1)C(=O)OCCCC(=O)Oc1ccc(I)cc1. The number of hydrogen-bond acceptors (Lipinski definition) is 7. The fourth-order valence-electron chi connectivity index (χ4n) is 3.04. The second-order valence-electron chi connectivity index (χ2n) is 8.67. The van der Waals surface area contributed by atoms with Crippen molar-refractivity contribution in [2.45, 2.75) is 53.1 Å². The van der Waals surface area contributed by atoms with Gasteiger partial charge in [0.25, 0.3) is 0 Å². The van der Waals surface area contributed by atoms with Gasteiger partial charge in [-0.25, -0.2) is 0 Å². The van der Waals surface area contributed by atoms with Gasteiger partial charge in [-0.1, -0.05) is 0 Å². The molecule has 0 aromatic heterocycles. The van der Waals surface area contributed by atoms with Gasteiger partial charge in [0.15, 0.2) is 0 Å². The minimum absolute atomic E-state index is 0.0000592. The van der Waals surface area contributed by atoms with Crippen LogP contribution in [0.2, 0.25) is 0 Å². The van der Waals surface area contributed by atoms with E-state index in [2.05, 4.69) is 22.6 Å². The molecule has 1 heterocycles. The van der Waals surface area contributed by atoms with Gasteiger partial charge in [0.2, 0.25) is 0 Å². The first-order chi connectivity index (χ1) is 14.0. The highest BCUT2D eigenvalue weighted by molar-refractivity contribution is 14.1. The molecule has 1 aliphatic rings. The van der Waals surface area contributed by atoms with Crippen LogP contribution in [-0.2, 0) is 28.6 Å². The van der Waals surface area contributed by atoms with Gasteiger partial charge in [-0.3, -0.25) is 14.4 Å². The molecule has 0 bridgehead atoms. The van der Waals surface area contributed by atoms with E-state index in [-0.39, 0.29) is 44.1 Å². The molecular weight excluding hydrogens is 503 g/mol. The van der Waals surface area contributed by atoms with E-state index in [1.165, 1.54) is 0 Å². The molecule has 0 N–H and O–H groups in total. The summed E-state index contributed by atoms with van der Waals surface area (Å²) in [5, 5.41) is 0. The van der Waals surface area contributed by atoms with Gasteiger partial charge >= 0.3 is 17.9 Å². The van der Waals surface area contributed by atoms with Crippen molar-refractivity contribution < 1.29 is 33.3 Å². The summed E-state index contributed by atoms with van der Waals surface area (Å²) in [5.41, 5.74) is -1.71. The molecule has 1 atom stereocenters. The highest BCUT2D eigenvalue weighted by atomic mass is 127. The number of carbonyl (C=O) groups excluding carboxylic acids is 3. The lowest BCUT2D eigenvalue weighted by atomic mass is 9.75. The summed E-state index contributed by atoms with van der Waals surface area (Å²) in [4.78, 5) is 36.7. The van der Waals surface area contributed by atoms with Crippen LogP contribution >= 0.6 is 22.6 Å². The van der Waals surface area contributed by atoms with Crippen LogP contribution in [0.5, 0.6) is 5.75 Å². The van der Waals surface area contributed by atoms with E-state index in [1.807, 2.05) is 12.1 Å². The van der Waals surface area contributed by atoms with E-state index < -0.39 is 16.8 Å². The fourth-order valence-corrected chi connectivity index (χ4v) is 3.40. The number of halogens is 1. The summed E-state index contributed by atoms with van der Waals surface area (Å²) < 4.78 is 21.9. The molecule has 1 aliphatic heterocycles. The van der Waals surface area contributed by atoms with Crippen LogP contribution in [0.15, 0.2) is 24.3 Å². The largest absolute Gasteiger partial charge is 0.465 e. The number of ether oxygens (including phenoxy) is 4. The van der Waals surface area contributed by atoms with Crippen molar-refractivity contribution in [3.05, 3.63) is 27.8 Å². The molecule has 0 aliphatic carbocycles. The highest BCUT2D eigenvalue weighted by Gasteiger charge is 2.41. The lowest BCUT2D eigenvalue weighted by Gasteiger charge is -2.31. The maximum absolute atomic E-state index is 12.5. The van der Waals surface area contributed by atoms with Crippen molar-refractivity contribution in [2.24, 2.45) is 10.8 Å². The van der Waals surface area contributed by atoms with Crippen LogP contribution in [0.25, 0.3) is 0 Å². The second kappa shape index (κ2) is 10.6. The number of epoxide rings is 1. The Kier molecular flexibility index (Phi) is 8.66. The molecule has 1 saturated heterocycles. The maximum atomic E-state index is 12.5. The zero-order valence-corrected chi connectivity index (χ0v) is 20.0. The van der Waals surface area contributed by atoms with Gasteiger partial charge in [-0.2, -0.15) is 0 Å². The minimum atomic E-state index is -0.875. The number of hydrogen-bond donors (Lipinski definition) is 0. The quantitative estimate of drug-likeness (QED) is 0.140. The molecule has 0 spiro atoms. The first-order valence-corrected chi connectivity index (χ1v) is 11.0. The van der Waals surface area contributed by atoms with E-state index in [4.69, 9.17) is 18.9 Å². The van der Waals surface area contributed by atoms with E-state index in [0.717, 1.165) is 3.57 Å².